The van der Waals surface area contributed by atoms with Gasteiger partial charge in [0.1, 0.15) is 18.1 Å². The van der Waals surface area contributed by atoms with Gasteiger partial charge in [-0.25, -0.2) is 4.39 Å². The van der Waals surface area contributed by atoms with E-state index < -0.39 is 6.10 Å². The summed E-state index contributed by atoms with van der Waals surface area (Å²) in [6, 6.07) is 12.5. The second-order valence-corrected chi connectivity index (χ2v) is 5.20. The van der Waals surface area contributed by atoms with Crippen LogP contribution in [-0.2, 0) is 9.59 Å². The molecule has 0 spiro atoms. The minimum atomic E-state index is -0.806. The minimum Gasteiger partial charge on any atom is -0.481 e. The van der Waals surface area contributed by atoms with E-state index in [0.717, 1.165) is 0 Å². The van der Waals surface area contributed by atoms with Gasteiger partial charge in [0, 0.05) is 0 Å². The number of hydrogen-bond donors (Lipinski definition) is 1. The van der Waals surface area contributed by atoms with E-state index in [2.05, 4.69) is 5.32 Å². The lowest BCUT2D eigenvalue weighted by Gasteiger charge is -2.31. The number of anilines is 2. The third-order valence-corrected chi connectivity index (χ3v) is 3.51. The molecule has 1 N–H and O–H groups in total. The number of carbonyl (C=O) groups is 2. The van der Waals surface area contributed by atoms with Gasteiger partial charge in [-0.3, -0.25) is 14.5 Å². The van der Waals surface area contributed by atoms with E-state index in [4.69, 9.17) is 4.74 Å². The fraction of sp³-hybridized carbons (Fsp3) is 0.176. The second-order valence-electron chi connectivity index (χ2n) is 5.20. The summed E-state index contributed by atoms with van der Waals surface area (Å²) in [5, 5.41) is 2.72. The van der Waals surface area contributed by atoms with Gasteiger partial charge in [-0.05, 0) is 43.3 Å². The molecule has 0 saturated heterocycles. The summed E-state index contributed by atoms with van der Waals surface area (Å²) >= 11 is 0. The topological polar surface area (TPSA) is 58.6 Å². The van der Waals surface area contributed by atoms with E-state index in [1.165, 1.54) is 29.2 Å². The van der Waals surface area contributed by atoms with Crippen LogP contribution in [0.2, 0.25) is 0 Å². The van der Waals surface area contributed by atoms with E-state index in [1.807, 2.05) is 0 Å². The fourth-order valence-corrected chi connectivity index (χ4v) is 2.42. The molecule has 1 atom stereocenters. The predicted octanol–water partition coefficient (Wildman–Crippen LogP) is 2.58. The Bertz CT molecular complexity index is 746. The molecule has 1 unspecified atom stereocenters. The number of benzene rings is 2. The van der Waals surface area contributed by atoms with Gasteiger partial charge in [0.05, 0.1) is 11.4 Å². The standard InChI is InChI=1S/C17H15FN2O3/c1-11(23-13-8-6-12(18)7-9-13)17(22)20-10-16(21)19-14-4-2-3-5-15(14)20/h2-9,11H,10H2,1H3,(H,19,21). The smallest absolute Gasteiger partial charge is 0.268 e. The molecule has 2 amide bonds. The zero-order valence-corrected chi connectivity index (χ0v) is 12.5. The number of carbonyl (C=O) groups excluding carboxylic acids is 2. The van der Waals surface area contributed by atoms with Crippen LogP contribution < -0.4 is 15.0 Å². The fourth-order valence-electron chi connectivity index (χ4n) is 2.42. The number of ether oxygens (including phenoxy) is 1. The lowest BCUT2D eigenvalue weighted by atomic mass is 10.1. The average molecular weight is 314 g/mol. The molecule has 0 fully saturated rings. The Kier molecular flexibility index (Phi) is 3.97. The molecule has 23 heavy (non-hydrogen) atoms. The van der Waals surface area contributed by atoms with Crippen molar-refractivity contribution in [2.75, 3.05) is 16.8 Å². The molecule has 0 aliphatic carbocycles. The highest BCUT2D eigenvalue weighted by atomic mass is 19.1. The largest absolute Gasteiger partial charge is 0.481 e. The molecular formula is C17H15FN2O3. The van der Waals surface area contributed by atoms with Crippen molar-refractivity contribution in [1.29, 1.82) is 0 Å². The van der Waals surface area contributed by atoms with Gasteiger partial charge >= 0.3 is 0 Å². The van der Waals surface area contributed by atoms with E-state index in [9.17, 15) is 14.0 Å². The Morgan fingerprint density at radius 2 is 1.91 bits per heavy atom. The monoisotopic (exact) mass is 314 g/mol. The lowest BCUT2D eigenvalue weighted by Crippen LogP contribution is -2.47. The summed E-state index contributed by atoms with van der Waals surface area (Å²) in [6.45, 7) is 1.54. The molecule has 5 nitrogen and oxygen atoms in total. The lowest BCUT2D eigenvalue weighted by molar-refractivity contribution is -0.126. The third kappa shape index (κ3) is 3.15. The van der Waals surface area contributed by atoms with Crippen molar-refractivity contribution in [3.63, 3.8) is 0 Å². The first-order chi connectivity index (χ1) is 11.0. The van der Waals surface area contributed by atoms with Gasteiger partial charge in [0.2, 0.25) is 5.91 Å². The maximum atomic E-state index is 12.9. The van der Waals surface area contributed by atoms with E-state index >= 15 is 0 Å². The van der Waals surface area contributed by atoms with Gasteiger partial charge in [-0.1, -0.05) is 12.1 Å². The van der Waals surface area contributed by atoms with Crippen LogP contribution >= 0.6 is 0 Å². The molecule has 3 rings (SSSR count). The van der Waals surface area contributed by atoms with Crippen LogP contribution in [0.1, 0.15) is 6.92 Å². The van der Waals surface area contributed by atoms with Crippen molar-refractivity contribution in [3.05, 3.63) is 54.3 Å². The molecule has 0 aromatic heterocycles. The van der Waals surface area contributed by atoms with Gasteiger partial charge in [0.15, 0.2) is 6.10 Å². The molecular weight excluding hydrogens is 299 g/mol. The van der Waals surface area contributed by atoms with Crippen molar-refractivity contribution < 1.29 is 18.7 Å². The van der Waals surface area contributed by atoms with Crippen molar-refractivity contribution in [2.45, 2.75) is 13.0 Å². The van der Waals surface area contributed by atoms with Crippen LogP contribution in [0.5, 0.6) is 5.75 Å². The van der Waals surface area contributed by atoms with Gasteiger partial charge in [0.25, 0.3) is 5.91 Å². The maximum Gasteiger partial charge on any atom is 0.268 e. The Morgan fingerprint density at radius 1 is 1.22 bits per heavy atom. The highest BCUT2D eigenvalue weighted by Gasteiger charge is 2.30. The Hall–Kier alpha value is -2.89. The van der Waals surface area contributed by atoms with Crippen LogP contribution in [0, 0.1) is 5.82 Å². The summed E-state index contributed by atoms with van der Waals surface area (Å²) in [6.07, 6.45) is -0.806. The summed E-state index contributed by atoms with van der Waals surface area (Å²) in [5.74, 6) is -0.581. The highest BCUT2D eigenvalue weighted by molar-refractivity contribution is 6.10. The van der Waals surface area contributed by atoms with E-state index in [1.54, 1.807) is 31.2 Å². The minimum absolute atomic E-state index is 0.0625. The molecule has 6 heteroatoms. The molecule has 1 heterocycles. The molecule has 2 aromatic rings. The maximum absolute atomic E-state index is 12.9. The second kappa shape index (κ2) is 6.08. The molecule has 118 valence electrons. The number of nitrogens with one attached hydrogen (secondary N) is 1. The Balaban J connectivity index is 1.79. The average Bonchev–Trinajstić information content (AvgIpc) is 2.55. The van der Waals surface area contributed by atoms with Crippen LogP contribution in [0.15, 0.2) is 48.5 Å². The summed E-state index contributed by atoms with van der Waals surface area (Å²) in [5.41, 5.74) is 1.22. The van der Waals surface area contributed by atoms with Gasteiger partial charge in [-0.2, -0.15) is 0 Å². The number of rotatable bonds is 3. The number of fused-ring (bicyclic) bond motifs is 1. The third-order valence-electron chi connectivity index (χ3n) is 3.51. The van der Waals surface area contributed by atoms with Gasteiger partial charge < -0.3 is 10.1 Å². The normalized spacial score (nSPS) is 14.7. The number of halogens is 1. The van der Waals surface area contributed by atoms with Crippen LogP contribution in [0.3, 0.4) is 0 Å². The number of amides is 2. The van der Waals surface area contributed by atoms with Crippen molar-refractivity contribution in [2.24, 2.45) is 0 Å². The van der Waals surface area contributed by atoms with Crippen molar-refractivity contribution in [3.8, 4) is 5.75 Å². The predicted molar refractivity (Wildman–Crippen MR) is 83.9 cm³/mol. The first kappa shape index (κ1) is 15.0. The zero-order chi connectivity index (χ0) is 16.4. The van der Waals surface area contributed by atoms with Crippen molar-refractivity contribution >= 4 is 23.2 Å². The summed E-state index contributed by atoms with van der Waals surface area (Å²) in [4.78, 5) is 25.8. The van der Waals surface area contributed by atoms with Crippen molar-refractivity contribution in [1.82, 2.24) is 0 Å². The van der Waals surface area contributed by atoms with Crippen LogP contribution in [0.25, 0.3) is 0 Å². The quantitative estimate of drug-likeness (QED) is 0.947. The molecule has 0 radical (unpaired) electrons. The number of nitrogens with zero attached hydrogens (tertiary/aromatic N) is 1. The molecule has 0 bridgehead atoms. The summed E-state index contributed by atoms with van der Waals surface area (Å²) < 4.78 is 18.5. The molecule has 1 aliphatic rings. The summed E-state index contributed by atoms with van der Waals surface area (Å²) in [7, 11) is 0. The first-order valence-electron chi connectivity index (χ1n) is 7.17. The Labute approximate surface area is 132 Å². The molecule has 0 saturated carbocycles. The number of para-hydroxylation sites is 2. The van der Waals surface area contributed by atoms with E-state index in [-0.39, 0.29) is 24.2 Å². The first-order valence-corrected chi connectivity index (χ1v) is 7.17. The zero-order valence-electron chi connectivity index (χ0n) is 12.5. The molecule has 1 aliphatic heterocycles. The Morgan fingerprint density at radius 3 is 2.65 bits per heavy atom. The van der Waals surface area contributed by atoms with Crippen LogP contribution in [-0.4, -0.2) is 24.5 Å². The highest BCUT2D eigenvalue weighted by Crippen LogP contribution is 2.29. The molecule has 2 aromatic carbocycles. The number of hydrogen-bond acceptors (Lipinski definition) is 3. The van der Waals surface area contributed by atoms with Gasteiger partial charge in [-0.15, -0.1) is 0 Å². The van der Waals surface area contributed by atoms with Crippen LogP contribution in [0.4, 0.5) is 15.8 Å². The van der Waals surface area contributed by atoms with E-state index in [0.29, 0.717) is 17.1 Å². The SMILES string of the molecule is CC(Oc1ccc(F)cc1)C(=O)N1CC(=O)Nc2ccccc21.